The Kier molecular flexibility index (Phi) is 3.29. The molecule has 11 heavy (non-hydrogen) atoms. The summed E-state index contributed by atoms with van der Waals surface area (Å²) >= 11 is 4.60. The van der Waals surface area contributed by atoms with Crippen molar-refractivity contribution in [2.75, 3.05) is 0 Å². The minimum Gasteiger partial charge on any atom is -0.176 e. The zero-order valence-electron chi connectivity index (χ0n) is 7.88. The van der Waals surface area contributed by atoms with Crippen molar-refractivity contribution in [1.82, 2.24) is 0 Å². The summed E-state index contributed by atoms with van der Waals surface area (Å²) in [5.41, 5.74) is 0. The molecule has 0 amide bonds. The second kappa shape index (κ2) is 3.84. The fraction of sp³-hybridized carbons (Fsp3) is 1.00. The molecule has 0 N–H and O–H groups in total. The van der Waals surface area contributed by atoms with Gasteiger partial charge in [-0.15, -0.1) is 0 Å². The van der Waals surface area contributed by atoms with E-state index in [9.17, 15) is 0 Å². The van der Waals surface area contributed by atoms with E-state index in [0.29, 0.717) is 5.25 Å². The Bertz CT molecular complexity index is 122. The largest absolute Gasteiger partial charge is 0.176 e. The lowest BCUT2D eigenvalue weighted by Crippen LogP contribution is -2.10. The second-order valence-electron chi connectivity index (χ2n) is 4.07. The molecule has 1 rings (SSSR count). The second-order valence-corrected chi connectivity index (χ2v) is 4.73. The smallest absolute Gasteiger partial charge is 0.00478 e. The van der Waals surface area contributed by atoms with Crippen LogP contribution in [0.1, 0.15) is 40.0 Å². The van der Waals surface area contributed by atoms with Gasteiger partial charge in [-0.25, -0.2) is 0 Å². The van der Waals surface area contributed by atoms with Crippen LogP contribution in [-0.4, -0.2) is 5.25 Å². The molecule has 1 aliphatic carbocycles. The Morgan fingerprint density at radius 2 is 1.91 bits per heavy atom. The van der Waals surface area contributed by atoms with Crippen LogP contribution in [0.2, 0.25) is 0 Å². The van der Waals surface area contributed by atoms with Crippen LogP contribution in [0.4, 0.5) is 0 Å². The van der Waals surface area contributed by atoms with E-state index >= 15 is 0 Å². The van der Waals surface area contributed by atoms with Gasteiger partial charge in [-0.05, 0) is 24.2 Å². The van der Waals surface area contributed by atoms with Crippen LogP contribution in [0.25, 0.3) is 0 Å². The van der Waals surface area contributed by atoms with E-state index in [0.717, 1.165) is 17.8 Å². The van der Waals surface area contributed by atoms with Gasteiger partial charge in [0.2, 0.25) is 0 Å². The molecule has 0 aromatic carbocycles. The molecule has 0 aromatic heterocycles. The van der Waals surface area contributed by atoms with E-state index in [1.165, 1.54) is 19.3 Å². The number of rotatable bonds is 2. The van der Waals surface area contributed by atoms with Gasteiger partial charge in [0.15, 0.2) is 0 Å². The van der Waals surface area contributed by atoms with Gasteiger partial charge in [0.1, 0.15) is 0 Å². The zero-order valence-corrected chi connectivity index (χ0v) is 8.77. The summed E-state index contributed by atoms with van der Waals surface area (Å²) in [6.45, 7) is 7.02. The fourth-order valence-electron chi connectivity index (χ4n) is 2.27. The Balaban J connectivity index is 2.45. The number of hydrogen-bond acceptors (Lipinski definition) is 1. The van der Waals surface area contributed by atoms with E-state index in [1.54, 1.807) is 0 Å². The summed E-state index contributed by atoms with van der Waals surface area (Å²) in [4.78, 5) is 0. The Morgan fingerprint density at radius 1 is 1.27 bits per heavy atom. The molecule has 0 heterocycles. The quantitative estimate of drug-likeness (QED) is 0.607. The topological polar surface area (TPSA) is 0 Å². The molecule has 0 saturated heterocycles. The molecule has 0 radical (unpaired) electrons. The van der Waals surface area contributed by atoms with Gasteiger partial charge in [-0.3, -0.25) is 0 Å². The van der Waals surface area contributed by atoms with Crippen LogP contribution < -0.4 is 0 Å². The van der Waals surface area contributed by atoms with Gasteiger partial charge in [0.25, 0.3) is 0 Å². The summed E-state index contributed by atoms with van der Waals surface area (Å²) in [6, 6.07) is 0. The highest BCUT2D eigenvalue weighted by molar-refractivity contribution is 7.81. The van der Waals surface area contributed by atoms with Crippen molar-refractivity contribution >= 4 is 12.6 Å². The molecule has 0 aromatic rings. The molecular formula is C10H20S. The van der Waals surface area contributed by atoms with Crippen molar-refractivity contribution in [3.8, 4) is 0 Å². The molecule has 1 saturated carbocycles. The molecule has 1 fully saturated rings. The Labute approximate surface area is 76.2 Å². The van der Waals surface area contributed by atoms with Crippen molar-refractivity contribution in [3.63, 3.8) is 0 Å². The third-order valence-corrected chi connectivity index (χ3v) is 4.06. The molecule has 1 aliphatic rings. The predicted molar refractivity (Wildman–Crippen MR) is 54.1 cm³/mol. The van der Waals surface area contributed by atoms with E-state index in [2.05, 4.69) is 33.4 Å². The summed E-state index contributed by atoms with van der Waals surface area (Å²) in [5.74, 6) is 2.69. The minimum atomic E-state index is 0.668. The molecule has 4 unspecified atom stereocenters. The molecular weight excluding hydrogens is 152 g/mol. The van der Waals surface area contributed by atoms with Crippen molar-refractivity contribution in [2.45, 2.75) is 45.3 Å². The molecule has 1 heteroatoms. The molecule has 4 atom stereocenters. The monoisotopic (exact) mass is 172 g/mol. The van der Waals surface area contributed by atoms with Crippen LogP contribution in [0.5, 0.6) is 0 Å². The zero-order chi connectivity index (χ0) is 8.43. The van der Waals surface area contributed by atoms with E-state index < -0.39 is 0 Å². The fourth-order valence-corrected chi connectivity index (χ4v) is 2.81. The normalized spacial score (nSPS) is 44.7. The molecule has 66 valence electrons. The van der Waals surface area contributed by atoms with Gasteiger partial charge in [-0.2, -0.15) is 12.6 Å². The molecule has 0 spiro atoms. The first-order valence-corrected chi connectivity index (χ1v) is 5.36. The number of thiol groups is 1. The highest BCUT2D eigenvalue weighted by atomic mass is 32.1. The predicted octanol–water partition coefficient (Wildman–Crippen LogP) is 3.38. The summed E-state index contributed by atoms with van der Waals surface area (Å²) in [5, 5.41) is 0.668. The van der Waals surface area contributed by atoms with Gasteiger partial charge >= 0.3 is 0 Å². The lowest BCUT2D eigenvalue weighted by molar-refractivity contribution is 0.338. The highest BCUT2D eigenvalue weighted by Crippen LogP contribution is 2.41. The Hall–Kier alpha value is 0.350. The maximum Gasteiger partial charge on any atom is 0.00478 e. The van der Waals surface area contributed by atoms with Crippen LogP contribution in [0.15, 0.2) is 0 Å². The van der Waals surface area contributed by atoms with E-state index in [-0.39, 0.29) is 0 Å². The maximum atomic E-state index is 4.60. The average Bonchev–Trinajstić information content (AvgIpc) is 2.19. The van der Waals surface area contributed by atoms with E-state index in [4.69, 9.17) is 0 Å². The van der Waals surface area contributed by atoms with Gasteiger partial charge in [0, 0.05) is 5.25 Å². The molecule has 0 nitrogen and oxygen atoms in total. The summed E-state index contributed by atoms with van der Waals surface area (Å²) < 4.78 is 0. The lowest BCUT2D eigenvalue weighted by atomic mass is 9.89. The molecule has 0 aliphatic heterocycles. The third-order valence-electron chi connectivity index (χ3n) is 3.38. The first-order valence-electron chi connectivity index (χ1n) is 4.84. The first-order chi connectivity index (χ1) is 5.16. The van der Waals surface area contributed by atoms with Crippen molar-refractivity contribution in [2.24, 2.45) is 17.8 Å². The highest BCUT2D eigenvalue weighted by Gasteiger charge is 2.34. The van der Waals surface area contributed by atoms with Crippen molar-refractivity contribution in [1.29, 1.82) is 0 Å². The van der Waals surface area contributed by atoms with Crippen LogP contribution in [-0.2, 0) is 0 Å². The van der Waals surface area contributed by atoms with Crippen LogP contribution >= 0.6 is 12.6 Å². The molecule has 0 bridgehead atoms. The number of hydrogen-bond donors (Lipinski definition) is 1. The van der Waals surface area contributed by atoms with Gasteiger partial charge in [0.05, 0.1) is 0 Å². The lowest BCUT2D eigenvalue weighted by Gasteiger charge is -2.16. The first kappa shape index (κ1) is 9.44. The Morgan fingerprint density at radius 3 is 2.27 bits per heavy atom. The van der Waals surface area contributed by atoms with Crippen LogP contribution in [0.3, 0.4) is 0 Å². The SMILES string of the molecule is CCCC1CC(S)C(C)C1C. The van der Waals surface area contributed by atoms with Gasteiger partial charge in [-0.1, -0.05) is 33.6 Å². The summed E-state index contributed by atoms with van der Waals surface area (Å²) in [6.07, 6.45) is 4.09. The van der Waals surface area contributed by atoms with Crippen molar-refractivity contribution in [3.05, 3.63) is 0 Å². The minimum absolute atomic E-state index is 0.668. The van der Waals surface area contributed by atoms with Crippen molar-refractivity contribution < 1.29 is 0 Å². The standard InChI is InChI=1S/C10H20S/c1-4-5-9-6-10(11)8(3)7(9)2/h7-11H,4-6H2,1-3H3. The van der Waals surface area contributed by atoms with Gasteiger partial charge < -0.3 is 0 Å². The maximum absolute atomic E-state index is 4.60. The van der Waals surface area contributed by atoms with E-state index in [1.807, 2.05) is 0 Å². The summed E-state index contributed by atoms with van der Waals surface area (Å²) in [7, 11) is 0. The average molecular weight is 172 g/mol. The third kappa shape index (κ3) is 1.93. The van der Waals surface area contributed by atoms with Crippen LogP contribution in [0, 0.1) is 17.8 Å².